The first-order valence-corrected chi connectivity index (χ1v) is 10.5. The maximum atomic E-state index is 13.5. The summed E-state index contributed by atoms with van der Waals surface area (Å²) in [5.74, 6) is -0.118. The van der Waals surface area contributed by atoms with E-state index in [9.17, 15) is 12.8 Å². The molecule has 1 aromatic carbocycles. The highest BCUT2D eigenvalue weighted by Crippen LogP contribution is 2.41. The molecule has 1 unspecified atom stereocenters. The molecule has 10 heteroatoms. The van der Waals surface area contributed by atoms with Gasteiger partial charge in [0.15, 0.2) is 16.5 Å². The molecule has 0 amide bonds. The molecule has 0 fully saturated rings. The Kier molecular flexibility index (Phi) is 5.20. The number of fused-ring (bicyclic) bond motifs is 1. The van der Waals surface area contributed by atoms with Crippen LogP contribution in [0.3, 0.4) is 0 Å². The summed E-state index contributed by atoms with van der Waals surface area (Å²) >= 11 is 5.82. The fourth-order valence-corrected chi connectivity index (χ4v) is 5.36. The Bertz CT molecular complexity index is 1060. The quantitative estimate of drug-likeness (QED) is 0.713. The molecule has 0 saturated carbocycles. The molecule has 1 aromatic heterocycles. The van der Waals surface area contributed by atoms with Crippen LogP contribution in [0.15, 0.2) is 39.8 Å². The van der Waals surface area contributed by atoms with Crippen LogP contribution in [0.5, 0.6) is 0 Å². The predicted molar refractivity (Wildman–Crippen MR) is 108 cm³/mol. The predicted octanol–water partition coefficient (Wildman–Crippen LogP) is 3.16. The molecule has 0 saturated heterocycles. The highest BCUT2D eigenvalue weighted by molar-refractivity contribution is 7.91. The molecule has 0 bridgehead atoms. The van der Waals surface area contributed by atoms with Gasteiger partial charge in [-0.2, -0.15) is 5.10 Å². The maximum Gasteiger partial charge on any atom is 0.214 e. The summed E-state index contributed by atoms with van der Waals surface area (Å²) in [7, 11) is 1.47. The van der Waals surface area contributed by atoms with Crippen molar-refractivity contribution in [3.63, 3.8) is 0 Å². The number of sulfone groups is 1. The molecule has 1 aliphatic heterocycles. The van der Waals surface area contributed by atoms with Gasteiger partial charge in [0, 0.05) is 19.3 Å². The molecule has 3 rings (SSSR count). The molecule has 2 heterocycles. The molecule has 0 aliphatic carbocycles. The lowest BCUT2D eigenvalue weighted by atomic mass is 9.99. The van der Waals surface area contributed by atoms with Crippen molar-refractivity contribution in [1.82, 2.24) is 14.7 Å². The zero-order valence-electron chi connectivity index (χ0n) is 16.3. The largest absolute Gasteiger partial charge is 0.371 e. The standard InChI is InChI=1S/C18H23ClFN5O2S/c1-11-9-18(2,10-24(4)5)25-17(22-11)15(16(21-3)23-25)28(26,27)12-6-7-14(20)13(19)8-12/h6-9,22H,10H2,1-5H3,(H,21,23). The summed E-state index contributed by atoms with van der Waals surface area (Å²) in [6.45, 7) is 4.47. The second-order valence-corrected chi connectivity index (χ2v) is 9.61. The average molecular weight is 428 g/mol. The number of aromatic nitrogens is 2. The van der Waals surface area contributed by atoms with Gasteiger partial charge in [0.1, 0.15) is 5.82 Å². The Hall–Kier alpha value is -2.10. The van der Waals surface area contributed by atoms with Crippen LogP contribution in [0.2, 0.25) is 5.02 Å². The van der Waals surface area contributed by atoms with E-state index in [1.807, 2.05) is 38.9 Å². The van der Waals surface area contributed by atoms with Gasteiger partial charge < -0.3 is 15.5 Å². The number of anilines is 2. The highest BCUT2D eigenvalue weighted by Gasteiger charge is 2.39. The van der Waals surface area contributed by atoms with Gasteiger partial charge in [-0.1, -0.05) is 11.6 Å². The van der Waals surface area contributed by atoms with Gasteiger partial charge in [0.25, 0.3) is 0 Å². The second-order valence-electron chi connectivity index (χ2n) is 7.31. The monoisotopic (exact) mass is 427 g/mol. The molecular formula is C18H23ClFN5O2S. The van der Waals surface area contributed by atoms with Crippen LogP contribution >= 0.6 is 11.6 Å². The Morgan fingerprint density at radius 2 is 2.07 bits per heavy atom. The first kappa shape index (κ1) is 20.6. The van der Waals surface area contributed by atoms with Gasteiger partial charge in [0.2, 0.25) is 9.84 Å². The van der Waals surface area contributed by atoms with Crippen LogP contribution in [0.4, 0.5) is 16.0 Å². The van der Waals surface area contributed by atoms with E-state index in [4.69, 9.17) is 11.6 Å². The summed E-state index contributed by atoms with van der Waals surface area (Å²) in [5.41, 5.74) is 0.251. The van der Waals surface area contributed by atoms with E-state index in [0.29, 0.717) is 12.4 Å². The first-order chi connectivity index (χ1) is 13.0. The van der Waals surface area contributed by atoms with Crippen molar-refractivity contribution in [3.8, 4) is 0 Å². The number of halogens is 2. The lowest BCUT2D eigenvalue weighted by molar-refractivity contribution is 0.252. The van der Waals surface area contributed by atoms with Gasteiger partial charge >= 0.3 is 0 Å². The lowest BCUT2D eigenvalue weighted by Gasteiger charge is -2.35. The fourth-order valence-electron chi connectivity index (χ4n) is 3.57. The molecule has 152 valence electrons. The molecule has 0 radical (unpaired) electrons. The van der Waals surface area contributed by atoms with E-state index in [0.717, 1.165) is 17.8 Å². The number of hydrogen-bond acceptors (Lipinski definition) is 6. The van der Waals surface area contributed by atoms with Crippen LogP contribution < -0.4 is 10.6 Å². The van der Waals surface area contributed by atoms with E-state index in [1.165, 1.54) is 6.07 Å². The number of benzene rings is 1. The fraction of sp³-hybridized carbons (Fsp3) is 0.389. The van der Waals surface area contributed by atoms with Crippen molar-refractivity contribution in [1.29, 1.82) is 0 Å². The summed E-state index contributed by atoms with van der Waals surface area (Å²) in [6, 6.07) is 3.35. The SMILES string of the molecule is CNc1nn2c(c1S(=O)(=O)c1ccc(F)c(Cl)c1)NC(C)=CC2(C)CN(C)C. The van der Waals surface area contributed by atoms with Crippen molar-refractivity contribution in [2.24, 2.45) is 0 Å². The lowest BCUT2D eigenvalue weighted by Crippen LogP contribution is -2.42. The third-order valence-corrected chi connectivity index (χ3v) is 6.60. The number of nitrogens with one attached hydrogen (secondary N) is 2. The molecule has 2 aromatic rings. The van der Waals surface area contributed by atoms with Crippen molar-refractivity contribution >= 4 is 33.1 Å². The van der Waals surface area contributed by atoms with Gasteiger partial charge in [-0.05, 0) is 52.2 Å². The zero-order chi connectivity index (χ0) is 20.9. The number of hydrogen-bond donors (Lipinski definition) is 2. The number of allylic oxidation sites excluding steroid dienone is 1. The van der Waals surface area contributed by atoms with Gasteiger partial charge in [-0.25, -0.2) is 17.5 Å². The second kappa shape index (κ2) is 7.06. The van der Waals surface area contributed by atoms with E-state index in [-0.39, 0.29) is 20.6 Å². The normalized spacial score (nSPS) is 19.2. The molecular weight excluding hydrogens is 405 g/mol. The zero-order valence-corrected chi connectivity index (χ0v) is 17.9. The highest BCUT2D eigenvalue weighted by atomic mass is 35.5. The van der Waals surface area contributed by atoms with Crippen LogP contribution in [0.25, 0.3) is 0 Å². The minimum absolute atomic E-state index is 0.00453. The number of nitrogens with zero attached hydrogens (tertiary/aromatic N) is 3. The Balaban J connectivity index is 2.25. The minimum Gasteiger partial charge on any atom is -0.371 e. The average Bonchev–Trinajstić information content (AvgIpc) is 2.96. The summed E-state index contributed by atoms with van der Waals surface area (Å²) in [6.07, 6.45) is 2.01. The van der Waals surface area contributed by atoms with Crippen molar-refractivity contribution in [2.75, 3.05) is 38.3 Å². The van der Waals surface area contributed by atoms with Gasteiger partial charge in [-0.3, -0.25) is 0 Å². The van der Waals surface area contributed by atoms with E-state index < -0.39 is 21.2 Å². The van der Waals surface area contributed by atoms with Crippen LogP contribution in [-0.4, -0.2) is 50.8 Å². The minimum atomic E-state index is -4.02. The van der Waals surface area contributed by atoms with Crippen molar-refractivity contribution in [3.05, 3.63) is 40.8 Å². The maximum absolute atomic E-state index is 13.5. The third-order valence-electron chi connectivity index (χ3n) is 4.51. The summed E-state index contributed by atoms with van der Waals surface area (Å²) in [5, 5.41) is 10.3. The molecule has 1 aliphatic rings. The van der Waals surface area contributed by atoms with E-state index >= 15 is 0 Å². The van der Waals surface area contributed by atoms with E-state index in [1.54, 1.807) is 11.7 Å². The van der Waals surface area contributed by atoms with E-state index in [2.05, 4.69) is 15.7 Å². The van der Waals surface area contributed by atoms with Gasteiger partial charge in [0.05, 0.1) is 15.5 Å². The smallest absolute Gasteiger partial charge is 0.214 e. The third kappa shape index (κ3) is 3.38. The summed E-state index contributed by atoms with van der Waals surface area (Å²) in [4.78, 5) is 1.90. The topological polar surface area (TPSA) is 79.3 Å². The number of rotatable bonds is 5. The molecule has 28 heavy (non-hydrogen) atoms. The Morgan fingerprint density at radius 3 is 2.64 bits per heavy atom. The Morgan fingerprint density at radius 1 is 1.39 bits per heavy atom. The molecule has 7 nitrogen and oxygen atoms in total. The van der Waals surface area contributed by atoms with Crippen LogP contribution in [0.1, 0.15) is 13.8 Å². The number of likely N-dealkylation sites (N-methyl/N-ethyl adjacent to an activating group) is 1. The molecule has 2 N–H and O–H groups in total. The van der Waals surface area contributed by atoms with Crippen LogP contribution in [0, 0.1) is 5.82 Å². The molecule has 0 spiro atoms. The first-order valence-electron chi connectivity index (χ1n) is 8.62. The Labute approximate surface area is 169 Å². The summed E-state index contributed by atoms with van der Waals surface area (Å²) < 4.78 is 42.0. The molecule has 1 atom stereocenters. The van der Waals surface area contributed by atoms with Gasteiger partial charge in [-0.15, -0.1) is 0 Å². The van der Waals surface area contributed by atoms with Crippen molar-refractivity contribution in [2.45, 2.75) is 29.2 Å². The van der Waals surface area contributed by atoms with Crippen LogP contribution in [-0.2, 0) is 15.4 Å². The van der Waals surface area contributed by atoms with Crippen molar-refractivity contribution < 1.29 is 12.8 Å².